The van der Waals surface area contributed by atoms with Crippen LogP contribution in [0.2, 0.25) is 0 Å². The second kappa shape index (κ2) is 5.57. The lowest BCUT2D eigenvalue weighted by atomic mass is 9.94. The summed E-state index contributed by atoms with van der Waals surface area (Å²) in [6.45, 7) is 4.90. The van der Waals surface area contributed by atoms with Gasteiger partial charge in [0.05, 0.1) is 6.54 Å². The van der Waals surface area contributed by atoms with Gasteiger partial charge in [0, 0.05) is 25.2 Å². The van der Waals surface area contributed by atoms with Crippen molar-refractivity contribution in [3.05, 3.63) is 0 Å². The van der Waals surface area contributed by atoms with Crippen molar-refractivity contribution >= 4 is 5.91 Å². The normalized spacial score (nSPS) is 33.4. The van der Waals surface area contributed by atoms with Crippen molar-refractivity contribution in [1.29, 1.82) is 0 Å². The van der Waals surface area contributed by atoms with Crippen LogP contribution in [-0.4, -0.2) is 60.5 Å². The lowest BCUT2D eigenvalue weighted by molar-refractivity contribution is -0.137. The van der Waals surface area contributed by atoms with Crippen molar-refractivity contribution in [3.63, 3.8) is 0 Å². The first-order chi connectivity index (χ1) is 8.84. The molecule has 3 aliphatic rings. The maximum Gasteiger partial charge on any atom is 0.236 e. The van der Waals surface area contributed by atoms with Gasteiger partial charge in [0.15, 0.2) is 0 Å². The fourth-order valence-corrected chi connectivity index (χ4v) is 3.55. The minimum absolute atomic E-state index is 0.353. The van der Waals surface area contributed by atoms with Gasteiger partial charge in [-0.3, -0.25) is 9.69 Å². The molecule has 0 bridgehead atoms. The molecule has 102 valence electrons. The van der Waals surface area contributed by atoms with Crippen LogP contribution >= 0.6 is 0 Å². The van der Waals surface area contributed by atoms with Gasteiger partial charge in [0.2, 0.25) is 5.91 Å². The second-order valence-corrected chi connectivity index (χ2v) is 5.97. The van der Waals surface area contributed by atoms with E-state index in [0.717, 1.165) is 26.2 Å². The van der Waals surface area contributed by atoms with E-state index in [1.165, 1.54) is 38.5 Å². The number of likely N-dealkylation sites (tertiary alicyclic amines) is 2. The fourth-order valence-electron chi connectivity index (χ4n) is 3.55. The minimum Gasteiger partial charge on any atom is -0.341 e. The van der Waals surface area contributed by atoms with Crippen LogP contribution in [0.4, 0.5) is 0 Å². The van der Waals surface area contributed by atoms with Gasteiger partial charge in [0.25, 0.3) is 0 Å². The zero-order valence-electron chi connectivity index (χ0n) is 11.2. The summed E-state index contributed by atoms with van der Waals surface area (Å²) in [4.78, 5) is 16.6. The summed E-state index contributed by atoms with van der Waals surface area (Å²) in [5.74, 6) is 0.353. The summed E-state index contributed by atoms with van der Waals surface area (Å²) in [7, 11) is 0. The number of hydrogen-bond donors (Lipinski definition) is 1. The predicted octanol–water partition coefficient (Wildman–Crippen LogP) is 0.825. The molecule has 1 N–H and O–H groups in total. The van der Waals surface area contributed by atoms with E-state index in [-0.39, 0.29) is 0 Å². The van der Waals surface area contributed by atoms with Gasteiger partial charge in [-0.2, -0.15) is 0 Å². The van der Waals surface area contributed by atoms with Crippen LogP contribution in [0.3, 0.4) is 0 Å². The minimum atomic E-state index is 0.353. The average molecular weight is 251 g/mol. The van der Waals surface area contributed by atoms with Gasteiger partial charge in [-0.05, 0) is 45.2 Å². The van der Waals surface area contributed by atoms with Crippen LogP contribution < -0.4 is 5.32 Å². The molecule has 4 nitrogen and oxygen atoms in total. The maximum absolute atomic E-state index is 12.1. The summed E-state index contributed by atoms with van der Waals surface area (Å²) < 4.78 is 0. The Morgan fingerprint density at radius 2 is 1.94 bits per heavy atom. The molecule has 3 heterocycles. The smallest absolute Gasteiger partial charge is 0.236 e. The molecule has 0 aromatic carbocycles. The molecule has 2 unspecified atom stereocenters. The lowest BCUT2D eigenvalue weighted by Crippen LogP contribution is -2.55. The average Bonchev–Trinajstić information content (AvgIpc) is 2.80. The van der Waals surface area contributed by atoms with Crippen LogP contribution in [0.5, 0.6) is 0 Å². The van der Waals surface area contributed by atoms with Gasteiger partial charge in [0.1, 0.15) is 0 Å². The molecule has 0 spiro atoms. The number of nitrogens with one attached hydrogen (secondary N) is 1. The summed E-state index contributed by atoms with van der Waals surface area (Å²) in [6.07, 6.45) is 7.65. The molecule has 3 rings (SSSR count). The summed E-state index contributed by atoms with van der Waals surface area (Å²) in [6, 6.07) is 1.24. The Morgan fingerprint density at radius 3 is 2.61 bits per heavy atom. The molecule has 4 heteroatoms. The molecule has 0 radical (unpaired) electrons. The number of amides is 1. The van der Waals surface area contributed by atoms with E-state index in [9.17, 15) is 4.79 Å². The summed E-state index contributed by atoms with van der Waals surface area (Å²) in [5.41, 5.74) is 0. The first-order valence-corrected chi connectivity index (χ1v) is 7.60. The molecular formula is C14H25N3O. The number of piperidine rings is 1. The van der Waals surface area contributed by atoms with Crippen molar-refractivity contribution in [1.82, 2.24) is 15.1 Å². The molecule has 3 saturated heterocycles. The highest BCUT2D eigenvalue weighted by Gasteiger charge is 2.33. The van der Waals surface area contributed by atoms with E-state index in [1.54, 1.807) is 0 Å². The SMILES string of the molecule is O=C(CN1CCCCC1C1CCCN1)N1CCC1. The summed E-state index contributed by atoms with van der Waals surface area (Å²) >= 11 is 0. The second-order valence-electron chi connectivity index (χ2n) is 5.97. The third-order valence-electron chi connectivity index (χ3n) is 4.77. The number of nitrogens with zero attached hydrogens (tertiary/aromatic N) is 2. The van der Waals surface area contributed by atoms with E-state index in [4.69, 9.17) is 0 Å². The first-order valence-electron chi connectivity index (χ1n) is 7.60. The number of rotatable bonds is 3. The van der Waals surface area contributed by atoms with Gasteiger partial charge < -0.3 is 10.2 Å². The standard InChI is InChI=1S/C14H25N3O/c18-14(16-9-4-10-16)11-17-8-2-1-6-13(17)12-5-3-7-15-12/h12-13,15H,1-11H2. The number of carbonyl (C=O) groups is 1. The van der Waals surface area contributed by atoms with Crippen molar-refractivity contribution in [3.8, 4) is 0 Å². The Hall–Kier alpha value is -0.610. The Kier molecular flexibility index (Phi) is 3.85. The lowest BCUT2D eigenvalue weighted by Gasteiger charge is -2.41. The van der Waals surface area contributed by atoms with Crippen molar-refractivity contribution < 1.29 is 4.79 Å². The maximum atomic E-state index is 12.1. The first kappa shape index (κ1) is 12.4. The Balaban J connectivity index is 1.58. The van der Waals surface area contributed by atoms with Gasteiger partial charge in [-0.15, -0.1) is 0 Å². The highest BCUT2D eigenvalue weighted by molar-refractivity contribution is 5.79. The molecule has 0 aromatic rings. The molecule has 3 fully saturated rings. The quantitative estimate of drug-likeness (QED) is 0.807. The van der Waals surface area contributed by atoms with Gasteiger partial charge >= 0.3 is 0 Å². The Labute approximate surface area is 110 Å². The molecule has 3 aliphatic heterocycles. The number of carbonyl (C=O) groups excluding carboxylic acids is 1. The van der Waals surface area contributed by atoms with Crippen LogP contribution in [0, 0.1) is 0 Å². The van der Waals surface area contributed by atoms with Crippen LogP contribution in [0.1, 0.15) is 38.5 Å². The van der Waals surface area contributed by atoms with Gasteiger partial charge in [-0.1, -0.05) is 6.42 Å². The highest BCUT2D eigenvalue weighted by Crippen LogP contribution is 2.24. The molecular weight excluding hydrogens is 226 g/mol. The molecule has 18 heavy (non-hydrogen) atoms. The molecule has 0 aliphatic carbocycles. The topological polar surface area (TPSA) is 35.6 Å². The zero-order chi connectivity index (χ0) is 12.4. The summed E-state index contributed by atoms with van der Waals surface area (Å²) in [5, 5.41) is 3.62. The Bertz CT molecular complexity index is 297. The van der Waals surface area contributed by atoms with E-state index in [1.807, 2.05) is 4.90 Å². The molecule has 1 amide bonds. The predicted molar refractivity (Wildman–Crippen MR) is 71.4 cm³/mol. The highest BCUT2D eigenvalue weighted by atomic mass is 16.2. The van der Waals surface area contributed by atoms with Gasteiger partial charge in [-0.25, -0.2) is 0 Å². The van der Waals surface area contributed by atoms with Crippen molar-refractivity contribution in [2.24, 2.45) is 0 Å². The zero-order valence-corrected chi connectivity index (χ0v) is 11.2. The van der Waals surface area contributed by atoms with E-state index in [2.05, 4.69) is 10.2 Å². The fraction of sp³-hybridized carbons (Fsp3) is 0.929. The largest absolute Gasteiger partial charge is 0.341 e. The van der Waals surface area contributed by atoms with Crippen LogP contribution in [-0.2, 0) is 4.79 Å². The van der Waals surface area contributed by atoms with Crippen LogP contribution in [0.25, 0.3) is 0 Å². The van der Waals surface area contributed by atoms with Crippen molar-refractivity contribution in [2.45, 2.75) is 50.6 Å². The molecule has 0 aromatic heterocycles. The van der Waals surface area contributed by atoms with E-state index >= 15 is 0 Å². The Morgan fingerprint density at radius 1 is 1.06 bits per heavy atom. The number of hydrogen-bond acceptors (Lipinski definition) is 3. The third kappa shape index (κ3) is 2.54. The van der Waals surface area contributed by atoms with E-state index < -0.39 is 0 Å². The van der Waals surface area contributed by atoms with E-state index in [0.29, 0.717) is 24.5 Å². The monoisotopic (exact) mass is 251 g/mol. The third-order valence-corrected chi connectivity index (χ3v) is 4.77. The molecule has 2 atom stereocenters. The van der Waals surface area contributed by atoms with Crippen molar-refractivity contribution in [2.75, 3.05) is 32.7 Å². The molecule has 0 saturated carbocycles. The van der Waals surface area contributed by atoms with Crippen LogP contribution in [0.15, 0.2) is 0 Å².